The fourth-order valence-corrected chi connectivity index (χ4v) is 1.96. The number of methoxy groups -OCH3 is 1. The van der Waals surface area contributed by atoms with Gasteiger partial charge >= 0.3 is 20.8 Å². The van der Waals surface area contributed by atoms with Crippen LogP contribution in [0.15, 0.2) is 30.6 Å². The first-order valence-electron chi connectivity index (χ1n) is 7.24. The highest BCUT2D eigenvalue weighted by atomic mass is 19.5. The smallest absolute Gasteiger partial charge is 0.497 e. The Labute approximate surface area is 121 Å². The van der Waals surface area contributed by atoms with Gasteiger partial charge in [-0.25, -0.2) is 0 Å². The van der Waals surface area contributed by atoms with E-state index in [1.807, 2.05) is 28.8 Å². The van der Waals surface area contributed by atoms with Gasteiger partial charge in [-0.15, -0.1) is 4.57 Å². The minimum absolute atomic E-state index is 0.350. The maximum Gasteiger partial charge on any atom is 0.673 e. The fraction of sp³-hybridized carbons (Fsp3) is 0.333. The Hall–Kier alpha value is -2.06. The van der Waals surface area contributed by atoms with Crippen LogP contribution in [0.2, 0.25) is 1.41 Å². The quantitative estimate of drug-likeness (QED) is 0.473. The molecule has 2 heterocycles. The Balaban J connectivity index is 0.000000338. The van der Waals surface area contributed by atoms with Crippen molar-refractivity contribution in [3.05, 3.63) is 36.4 Å². The van der Waals surface area contributed by atoms with Crippen LogP contribution in [0.5, 0.6) is 5.75 Å². The molecule has 0 atom stereocenters. The van der Waals surface area contributed by atoms with E-state index in [-0.39, 0.29) is 0 Å². The molecule has 21 heavy (non-hydrogen) atoms. The summed E-state index contributed by atoms with van der Waals surface area (Å²) in [5, 5.41) is 1.32. The Kier molecular flexibility index (Phi) is 3.71. The second kappa shape index (κ2) is 6.15. The van der Waals surface area contributed by atoms with Gasteiger partial charge in [-0.2, -0.15) is 0 Å². The number of nitrogens with zero attached hydrogens (tertiary/aromatic N) is 2. The van der Waals surface area contributed by atoms with Crippen molar-refractivity contribution in [3.8, 4) is 11.4 Å². The summed E-state index contributed by atoms with van der Waals surface area (Å²) in [6, 6.07) is 7.39. The number of ether oxygens (including phenoxy) is 1. The monoisotopic (exact) mass is 306 g/mol. The second-order valence-electron chi connectivity index (χ2n) is 4.38. The summed E-state index contributed by atoms with van der Waals surface area (Å²) in [5.41, 5.74) is 0.803. The third kappa shape index (κ3) is 4.47. The first-order valence-corrected chi connectivity index (χ1v) is 6.29. The molecule has 4 nitrogen and oxygen atoms in total. The van der Waals surface area contributed by atoms with Crippen molar-refractivity contribution < 1.29 is 34.4 Å². The van der Waals surface area contributed by atoms with Crippen molar-refractivity contribution in [2.24, 2.45) is 0 Å². The molecule has 0 aliphatic carbocycles. The second-order valence-corrected chi connectivity index (χ2v) is 4.38. The highest BCUT2D eigenvalue weighted by molar-refractivity contribution is 6.50. The number of aromatic amines is 1. The van der Waals surface area contributed by atoms with E-state index in [4.69, 9.17) is 7.52 Å². The van der Waals surface area contributed by atoms with Crippen LogP contribution in [-0.2, 0) is 13.0 Å². The zero-order valence-corrected chi connectivity index (χ0v) is 11.3. The van der Waals surface area contributed by atoms with Gasteiger partial charge in [0.15, 0.2) is 7.92 Å². The molecule has 0 spiro atoms. The maximum atomic E-state index is 9.75. The van der Waals surface area contributed by atoms with Crippen molar-refractivity contribution >= 4 is 7.25 Å². The van der Waals surface area contributed by atoms with Gasteiger partial charge in [0.2, 0.25) is 0 Å². The zero-order chi connectivity index (χ0) is 17.2. The van der Waals surface area contributed by atoms with Gasteiger partial charge in [-0.3, -0.25) is 0 Å². The van der Waals surface area contributed by atoms with Crippen LogP contribution in [0, 0.1) is 0 Å². The zero-order valence-electron chi connectivity index (χ0n) is 13.3. The SMILES string of the molecule is F[B-](F)(F)F.[2H]c1n(-c2ccc(OC)cc2)[n+]([2H])c2[n+]1CCC2. The average molecular weight is 306 g/mol. The normalized spacial score (nSPS) is 14.7. The molecule has 0 radical (unpaired) electrons. The van der Waals surface area contributed by atoms with Crippen molar-refractivity contribution in [2.45, 2.75) is 19.4 Å². The topological polar surface area (TPSA) is 32.2 Å². The number of nitrogens with one attached hydrogen (secondary N) is 1. The van der Waals surface area contributed by atoms with Crippen LogP contribution in [0.3, 0.4) is 0 Å². The Bertz CT molecular complexity index is 658. The van der Waals surface area contributed by atoms with Crippen molar-refractivity contribution in [1.82, 2.24) is 4.68 Å². The summed E-state index contributed by atoms with van der Waals surface area (Å²) >= 11 is 0. The van der Waals surface area contributed by atoms with E-state index in [1.165, 1.54) is 5.09 Å². The molecule has 0 bridgehead atoms. The molecule has 1 aliphatic heterocycles. The molecular formula is C12H15BF4N3O+. The van der Waals surface area contributed by atoms with Gasteiger partial charge in [0, 0.05) is 6.42 Å². The molecule has 1 aromatic heterocycles. The van der Waals surface area contributed by atoms with Crippen molar-refractivity contribution in [2.75, 3.05) is 7.11 Å². The van der Waals surface area contributed by atoms with Gasteiger partial charge in [0.25, 0.3) is 0 Å². The molecule has 1 aromatic carbocycles. The summed E-state index contributed by atoms with van der Waals surface area (Å²) in [6.45, 7) is 0.830. The van der Waals surface area contributed by atoms with E-state index < -0.39 is 7.25 Å². The largest absolute Gasteiger partial charge is 0.673 e. The minimum Gasteiger partial charge on any atom is -0.497 e. The van der Waals surface area contributed by atoms with E-state index in [2.05, 4.69) is 0 Å². The summed E-state index contributed by atoms with van der Waals surface area (Å²) in [6.07, 6.45) is 2.23. The van der Waals surface area contributed by atoms with E-state index in [1.54, 1.807) is 11.8 Å². The van der Waals surface area contributed by atoms with Gasteiger partial charge in [-0.1, -0.05) is 9.77 Å². The summed E-state index contributed by atoms with van der Waals surface area (Å²) in [5.74, 6) is 1.66. The van der Waals surface area contributed by atoms with Crippen LogP contribution in [-0.4, -0.2) is 19.0 Å². The Morgan fingerprint density at radius 2 is 1.95 bits per heavy atom. The van der Waals surface area contributed by atoms with E-state index in [0.29, 0.717) is 6.30 Å². The molecule has 0 unspecified atom stereocenters. The highest BCUT2D eigenvalue weighted by Crippen LogP contribution is 2.13. The van der Waals surface area contributed by atoms with Gasteiger partial charge in [-0.05, 0) is 24.3 Å². The molecule has 3 rings (SSSR count). The third-order valence-corrected chi connectivity index (χ3v) is 2.84. The molecule has 0 saturated heterocycles. The molecule has 114 valence electrons. The van der Waals surface area contributed by atoms with Gasteiger partial charge in [0.05, 0.1) is 7.11 Å². The van der Waals surface area contributed by atoms with Gasteiger partial charge < -0.3 is 22.0 Å². The molecule has 0 amide bonds. The number of aromatic nitrogens is 3. The molecule has 1 N–H and O–H groups in total. The van der Waals surface area contributed by atoms with Crippen LogP contribution >= 0.6 is 0 Å². The Morgan fingerprint density at radius 1 is 1.33 bits per heavy atom. The number of benzene rings is 1. The van der Waals surface area contributed by atoms with E-state index >= 15 is 0 Å². The lowest BCUT2D eigenvalue weighted by atomic mass is 10.3. The lowest BCUT2D eigenvalue weighted by Gasteiger charge is -1.98. The highest BCUT2D eigenvalue weighted by Gasteiger charge is 2.29. The minimum atomic E-state index is -6.00. The molecular weight excluding hydrogens is 289 g/mol. The number of rotatable bonds is 2. The lowest BCUT2D eigenvalue weighted by molar-refractivity contribution is -0.722. The molecule has 0 saturated carbocycles. The lowest BCUT2D eigenvalue weighted by Crippen LogP contribution is -2.31. The fourth-order valence-electron chi connectivity index (χ4n) is 1.96. The number of H-pyrrole nitrogens is 1. The van der Waals surface area contributed by atoms with Crippen molar-refractivity contribution in [3.63, 3.8) is 0 Å². The molecule has 2 aromatic rings. The average Bonchev–Trinajstić information content (AvgIpc) is 3.03. The number of hydrogen-bond acceptors (Lipinski definition) is 1. The third-order valence-electron chi connectivity index (χ3n) is 2.84. The summed E-state index contributed by atoms with van der Waals surface area (Å²) < 4.78 is 63.8. The van der Waals surface area contributed by atoms with Crippen LogP contribution in [0.4, 0.5) is 17.3 Å². The predicted octanol–water partition coefficient (Wildman–Crippen LogP) is 1.83. The van der Waals surface area contributed by atoms with Gasteiger partial charge in [0.1, 0.15) is 17.9 Å². The summed E-state index contributed by atoms with van der Waals surface area (Å²) in [7, 11) is -4.38. The van der Waals surface area contributed by atoms with Crippen LogP contribution < -0.4 is 14.4 Å². The standard InChI is InChI=1S/C12H14N3O.BF4/c1-16-11-6-4-10(5-7-11)15-9-14-8-2-3-12(14)13-15;2-1(3,4)5/h4-7,9H,2-3,8H2,1H3;/q+1;-1/p+1/i9D;/hD. The Morgan fingerprint density at radius 3 is 2.48 bits per heavy atom. The van der Waals surface area contributed by atoms with Crippen molar-refractivity contribution in [1.29, 1.82) is 0 Å². The number of fused-ring (bicyclic) bond motifs is 1. The molecule has 0 fully saturated rings. The first-order chi connectivity index (χ1) is 10.7. The maximum absolute atomic E-state index is 9.75. The van der Waals surface area contributed by atoms with E-state index in [0.717, 1.165) is 36.6 Å². The number of halogens is 4. The predicted molar refractivity (Wildman–Crippen MR) is 67.6 cm³/mol. The summed E-state index contributed by atoms with van der Waals surface area (Å²) in [4.78, 5) is 0. The molecule has 1 aliphatic rings. The van der Waals surface area contributed by atoms with E-state index in [9.17, 15) is 17.3 Å². The van der Waals surface area contributed by atoms with Crippen LogP contribution in [0.25, 0.3) is 5.69 Å². The first kappa shape index (κ1) is 12.7. The van der Waals surface area contributed by atoms with Crippen LogP contribution in [0.1, 0.15) is 13.6 Å². The number of hydrogen-bond donors (Lipinski definition) is 0. The molecule has 9 heteroatoms.